The summed E-state index contributed by atoms with van der Waals surface area (Å²) in [6.45, 7) is 1.46. The van der Waals surface area contributed by atoms with E-state index in [4.69, 9.17) is 27.9 Å². The standard InChI is InChI=1S/C21H15Cl2N3O3S/c1-12-15-10-18(30-20(15)26(25-12)17-5-3-2-4-16(17)23)21(28)29-11-19(27)24-14-8-6-13(22)7-9-14/h2-10H,11H2,1H3,(H,24,27). The Labute approximate surface area is 186 Å². The minimum Gasteiger partial charge on any atom is -0.451 e. The van der Waals surface area contributed by atoms with E-state index in [2.05, 4.69) is 10.4 Å². The fourth-order valence-electron chi connectivity index (χ4n) is 2.87. The van der Waals surface area contributed by atoms with Crippen molar-refractivity contribution in [1.82, 2.24) is 9.78 Å². The molecule has 30 heavy (non-hydrogen) atoms. The molecule has 9 heteroatoms. The first-order chi connectivity index (χ1) is 14.4. The summed E-state index contributed by atoms with van der Waals surface area (Å²) in [6, 6.07) is 15.7. The van der Waals surface area contributed by atoms with Gasteiger partial charge in [-0.15, -0.1) is 11.3 Å². The summed E-state index contributed by atoms with van der Waals surface area (Å²) < 4.78 is 6.88. The summed E-state index contributed by atoms with van der Waals surface area (Å²) in [4.78, 5) is 25.7. The van der Waals surface area contributed by atoms with Crippen molar-refractivity contribution < 1.29 is 14.3 Å². The monoisotopic (exact) mass is 459 g/mol. The van der Waals surface area contributed by atoms with Crippen LogP contribution in [0.2, 0.25) is 10.0 Å². The number of carbonyl (C=O) groups excluding carboxylic acids is 2. The van der Waals surface area contributed by atoms with E-state index in [0.717, 1.165) is 21.6 Å². The molecule has 0 saturated heterocycles. The van der Waals surface area contributed by atoms with Crippen LogP contribution in [0.5, 0.6) is 0 Å². The lowest BCUT2D eigenvalue weighted by Gasteiger charge is -2.06. The molecule has 0 aliphatic heterocycles. The molecule has 0 aliphatic rings. The number of nitrogens with one attached hydrogen (secondary N) is 1. The number of para-hydroxylation sites is 1. The molecule has 0 aliphatic carbocycles. The van der Waals surface area contributed by atoms with Gasteiger partial charge in [0.05, 0.1) is 16.4 Å². The molecule has 2 aromatic carbocycles. The number of rotatable bonds is 5. The molecule has 1 N–H and O–H groups in total. The molecule has 1 amide bonds. The van der Waals surface area contributed by atoms with Crippen LogP contribution < -0.4 is 5.32 Å². The lowest BCUT2D eigenvalue weighted by Crippen LogP contribution is -2.20. The summed E-state index contributed by atoms with van der Waals surface area (Å²) in [5, 5.41) is 9.12. The van der Waals surface area contributed by atoms with Crippen molar-refractivity contribution >= 4 is 62.3 Å². The van der Waals surface area contributed by atoms with Crippen LogP contribution in [0.4, 0.5) is 5.69 Å². The number of halogens is 2. The maximum atomic E-state index is 12.5. The van der Waals surface area contributed by atoms with Crippen LogP contribution in [0.3, 0.4) is 0 Å². The second kappa shape index (κ2) is 8.47. The Morgan fingerprint density at radius 2 is 1.87 bits per heavy atom. The van der Waals surface area contributed by atoms with E-state index in [-0.39, 0.29) is 0 Å². The number of anilines is 1. The summed E-state index contributed by atoms with van der Waals surface area (Å²) in [5.41, 5.74) is 2.06. The Morgan fingerprint density at radius 3 is 2.60 bits per heavy atom. The highest BCUT2D eigenvalue weighted by molar-refractivity contribution is 7.20. The van der Waals surface area contributed by atoms with Gasteiger partial charge in [0.2, 0.25) is 0 Å². The fraction of sp³-hybridized carbons (Fsp3) is 0.0952. The van der Waals surface area contributed by atoms with Gasteiger partial charge in [-0.05, 0) is 49.4 Å². The number of aromatic nitrogens is 2. The van der Waals surface area contributed by atoms with E-state index in [0.29, 0.717) is 20.6 Å². The minimum absolute atomic E-state index is 0.380. The van der Waals surface area contributed by atoms with Crippen molar-refractivity contribution in [2.24, 2.45) is 0 Å². The van der Waals surface area contributed by atoms with Gasteiger partial charge < -0.3 is 10.1 Å². The maximum absolute atomic E-state index is 12.5. The van der Waals surface area contributed by atoms with Crippen molar-refractivity contribution in [3.05, 3.63) is 75.2 Å². The Bertz CT molecular complexity index is 1250. The van der Waals surface area contributed by atoms with Gasteiger partial charge in [-0.2, -0.15) is 5.10 Å². The lowest BCUT2D eigenvalue weighted by atomic mass is 10.3. The molecule has 0 bridgehead atoms. The van der Waals surface area contributed by atoms with E-state index in [1.165, 1.54) is 11.3 Å². The first kappa shape index (κ1) is 20.4. The molecular weight excluding hydrogens is 445 g/mol. The molecule has 4 aromatic rings. The largest absolute Gasteiger partial charge is 0.451 e. The van der Waals surface area contributed by atoms with Crippen LogP contribution in [0.15, 0.2) is 54.6 Å². The Hall–Kier alpha value is -2.87. The number of thiophene rings is 1. The van der Waals surface area contributed by atoms with Crippen LogP contribution in [0, 0.1) is 6.92 Å². The zero-order valence-electron chi connectivity index (χ0n) is 15.7. The van der Waals surface area contributed by atoms with Crippen LogP contribution in [0.1, 0.15) is 15.4 Å². The Kier molecular flexibility index (Phi) is 5.76. The molecule has 2 heterocycles. The highest BCUT2D eigenvalue weighted by atomic mass is 35.5. The van der Waals surface area contributed by atoms with E-state index in [1.807, 2.05) is 25.1 Å². The van der Waals surface area contributed by atoms with Crippen molar-refractivity contribution in [3.63, 3.8) is 0 Å². The number of amides is 1. The number of aryl methyl sites for hydroxylation is 1. The minimum atomic E-state index is -0.576. The van der Waals surface area contributed by atoms with Gasteiger partial charge in [-0.25, -0.2) is 9.48 Å². The number of benzene rings is 2. The molecule has 6 nitrogen and oxygen atoms in total. The predicted octanol–water partition coefficient (Wildman–Crippen LogP) is 5.50. The molecule has 0 spiro atoms. The molecule has 0 atom stereocenters. The normalized spacial score (nSPS) is 10.9. The van der Waals surface area contributed by atoms with Crippen molar-refractivity contribution in [2.45, 2.75) is 6.92 Å². The predicted molar refractivity (Wildman–Crippen MR) is 119 cm³/mol. The van der Waals surface area contributed by atoms with Crippen LogP contribution >= 0.6 is 34.5 Å². The summed E-state index contributed by atoms with van der Waals surface area (Å²) in [7, 11) is 0. The van der Waals surface area contributed by atoms with Crippen LogP contribution in [-0.4, -0.2) is 28.3 Å². The summed E-state index contributed by atoms with van der Waals surface area (Å²) in [6.07, 6.45) is 0. The van der Waals surface area contributed by atoms with E-state index in [9.17, 15) is 9.59 Å². The highest BCUT2D eigenvalue weighted by Crippen LogP contribution is 2.32. The van der Waals surface area contributed by atoms with Gasteiger partial charge in [0.15, 0.2) is 6.61 Å². The van der Waals surface area contributed by atoms with Crippen molar-refractivity contribution in [3.8, 4) is 5.69 Å². The summed E-state index contributed by atoms with van der Waals surface area (Å²) in [5.74, 6) is -1.02. The second-order valence-corrected chi connectivity index (χ2v) is 8.28. The zero-order valence-corrected chi connectivity index (χ0v) is 18.0. The molecular formula is C21H15Cl2N3O3S. The molecule has 4 rings (SSSR count). The highest BCUT2D eigenvalue weighted by Gasteiger charge is 2.19. The quantitative estimate of drug-likeness (QED) is 0.400. The third kappa shape index (κ3) is 4.18. The van der Waals surface area contributed by atoms with Crippen LogP contribution in [0.25, 0.3) is 15.9 Å². The topological polar surface area (TPSA) is 73.2 Å². The number of fused-ring (bicyclic) bond motifs is 1. The average Bonchev–Trinajstić information content (AvgIpc) is 3.29. The molecule has 0 unspecified atom stereocenters. The van der Waals surface area contributed by atoms with E-state index >= 15 is 0 Å². The molecule has 0 saturated carbocycles. The Balaban J connectivity index is 1.49. The van der Waals surface area contributed by atoms with Crippen molar-refractivity contribution in [2.75, 3.05) is 11.9 Å². The van der Waals surface area contributed by atoms with Gasteiger partial charge in [0.25, 0.3) is 5.91 Å². The second-order valence-electron chi connectivity index (χ2n) is 6.41. The number of hydrogen-bond acceptors (Lipinski definition) is 5. The molecule has 2 aromatic heterocycles. The third-order valence-corrected chi connectivity index (χ3v) is 5.95. The SMILES string of the molecule is Cc1nn(-c2ccccc2Cl)c2sc(C(=O)OCC(=O)Nc3ccc(Cl)cc3)cc12. The van der Waals surface area contributed by atoms with Gasteiger partial charge in [0.1, 0.15) is 9.71 Å². The van der Waals surface area contributed by atoms with Crippen molar-refractivity contribution in [1.29, 1.82) is 0 Å². The fourth-order valence-corrected chi connectivity index (χ4v) is 4.28. The molecule has 0 fully saturated rings. The van der Waals surface area contributed by atoms with Crippen LogP contribution in [-0.2, 0) is 9.53 Å². The smallest absolute Gasteiger partial charge is 0.348 e. The number of nitrogens with zero attached hydrogens (tertiary/aromatic N) is 2. The maximum Gasteiger partial charge on any atom is 0.348 e. The van der Waals surface area contributed by atoms with E-state index in [1.54, 1.807) is 41.1 Å². The molecule has 152 valence electrons. The van der Waals surface area contributed by atoms with Gasteiger partial charge in [-0.3, -0.25) is 4.79 Å². The summed E-state index contributed by atoms with van der Waals surface area (Å²) >= 11 is 13.4. The Morgan fingerprint density at radius 1 is 1.13 bits per heavy atom. The van der Waals surface area contributed by atoms with Gasteiger partial charge in [0, 0.05) is 16.1 Å². The van der Waals surface area contributed by atoms with Gasteiger partial charge >= 0.3 is 5.97 Å². The number of ether oxygens (including phenoxy) is 1. The van der Waals surface area contributed by atoms with Gasteiger partial charge in [-0.1, -0.05) is 35.3 Å². The first-order valence-corrected chi connectivity index (χ1v) is 10.5. The number of hydrogen-bond donors (Lipinski definition) is 1. The number of carbonyl (C=O) groups is 2. The number of esters is 1. The first-order valence-electron chi connectivity index (χ1n) is 8.89. The van der Waals surface area contributed by atoms with E-state index < -0.39 is 18.5 Å². The average molecular weight is 460 g/mol. The third-order valence-electron chi connectivity index (χ3n) is 4.29. The zero-order chi connectivity index (χ0) is 21.3. The molecule has 0 radical (unpaired) electrons. The lowest BCUT2D eigenvalue weighted by molar-refractivity contribution is -0.119.